The van der Waals surface area contributed by atoms with E-state index in [1.54, 1.807) is 12.1 Å². The standard InChI is InChI=1S/C11H21NO.C8H6ClN.C8H9Cl/c1-5-9(4)10-6-11(13)12(7-10)8(2)3;1-6-2-3-7(5-10)8(9)4-6;1-2-7-5-3-4-6-8(7)9/h8-10H,5-7H2,1-4H3;2-4H,1H3;3-6H,2H2,1H3. The molecule has 1 saturated heterocycles. The lowest BCUT2D eigenvalue weighted by molar-refractivity contribution is -0.129. The van der Waals surface area contributed by atoms with Gasteiger partial charge in [-0.05, 0) is 68.4 Å². The quantitative estimate of drug-likeness (QED) is 0.455. The Morgan fingerprint density at radius 2 is 1.75 bits per heavy atom. The predicted molar refractivity (Wildman–Crippen MR) is 136 cm³/mol. The van der Waals surface area contributed by atoms with Gasteiger partial charge in [0.2, 0.25) is 5.91 Å². The van der Waals surface area contributed by atoms with E-state index in [0.717, 1.165) is 30.0 Å². The summed E-state index contributed by atoms with van der Waals surface area (Å²) in [6, 6.07) is 15.6. The van der Waals surface area contributed by atoms with E-state index in [-0.39, 0.29) is 0 Å². The molecule has 1 aliphatic heterocycles. The van der Waals surface area contributed by atoms with Gasteiger partial charge in [0, 0.05) is 24.0 Å². The van der Waals surface area contributed by atoms with Gasteiger partial charge in [-0.25, -0.2) is 0 Å². The fourth-order valence-corrected chi connectivity index (χ4v) is 4.02. The first-order valence-corrected chi connectivity index (χ1v) is 12.1. The van der Waals surface area contributed by atoms with Crippen molar-refractivity contribution >= 4 is 29.1 Å². The van der Waals surface area contributed by atoms with Gasteiger partial charge in [0.05, 0.1) is 10.6 Å². The van der Waals surface area contributed by atoms with Crippen LogP contribution in [0.25, 0.3) is 0 Å². The van der Waals surface area contributed by atoms with Crippen molar-refractivity contribution in [2.24, 2.45) is 11.8 Å². The number of nitrogens with zero attached hydrogens (tertiary/aromatic N) is 2. The zero-order valence-electron chi connectivity index (χ0n) is 20.2. The van der Waals surface area contributed by atoms with E-state index in [0.29, 0.717) is 34.4 Å². The summed E-state index contributed by atoms with van der Waals surface area (Å²) in [6.07, 6.45) is 2.97. The number of benzene rings is 2. The zero-order chi connectivity index (χ0) is 24.3. The molecule has 2 unspecified atom stereocenters. The van der Waals surface area contributed by atoms with Crippen molar-refractivity contribution in [3.05, 3.63) is 69.2 Å². The van der Waals surface area contributed by atoms with Crippen molar-refractivity contribution in [1.29, 1.82) is 5.26 Å². The van der Waals surface area contributed by atoms with E-state index in [2.05, 4.69) is 34.6 Å². The number of amides is 1. The van der Waals surface area contributed by atoms with Gasteiger partial charge < -0.3 is 4.90 Å². The van der Waals surface area contributed by atoms with Crippen molar-refractivity contribution in [2.75, 3.05) is 6.54 Å². The first kappa shape index (κ1) is 28.0. The van der Waals surface area contributed by atoms with Gasteiger partial charge >= 0.3 is 0 Å². The molecule has 3 nitrogen and oxygen atoms in total. The van der Waals surface area contributed by atoms with Crippen LogP contribution in [0, 0.1) is 30.1 Å². The number of nitriles is 1. The molecule has 0 spiro atoms. The predicted octanol–water partition coefficient (Wildman–Crippen LogP) is 7.71. The molecule has 3 rings (SSSR count). The summed E-state index contributed by atoms with van der Waals surface area (Å²) in [5, 5.41) is 9.88. The summed E-state index contributed by atoms with van der Waals surface area (Å²) < 4.78 is 0. The average Bonchev–Trinajstić information content (AvgIpc) is 3.16. The Hall–Kier alpha value is -2.02. The lowest BCUT2D eigenvalue weighted by atomic mass is 9.91. The van der Waals surface area contributed by atoms with E-state index in [9.17, 15) is 4.79 Å². The second-order valence-corrected chi connectivity index (χ2v) is 9.34. The number of hydrogen-bond acceptors (Lipinski definition) is 2. The second kappa shape index (κ2) is 14.2. The number of carbonyl (C=O) groups excluding carboxylic acids is 1. The van der Waals surface area contributed by atoms with Crippen LogP contribution in [0.5, 0.6) is 0 Å². The number of likely N-dealkylation sites (tertiary alicyclic amines) is 1. The number of halogens is 2. The van der Waals surface area contributed by atoms with Gasteiger partial charge in [-0.1, -0.05) is 74.7 Å². The van der Waals surface area contributed by atoms with E-state index in [1.165, 1.54) is 12.0 Å². The third kappa shape index (κ3) is 8.85. The van der Waals surface area contributed by atoms with Gasteiger partial charge in [-0.3, -0.25) is 4.79 Å². The molecule has 0 bridgehead atoms. The monoisotopic (exact) mass is 474 g/mol. The summed E-state index contributed by atoms with van der Waals surface area (Å²) in [4.78, 5) is 13.6. The largest absolute Gasteiger partial charge is 0.340 e. The summed E-state index contributed by atoms with van der Waals surface area (Å²) in [5.74, 6) is 1.63. The van der Waals surface area contributed by atoms with Crippen molar-refractivity contribution in [3.63, 3.8) is 0 Å². The smallest absolute Gasteiger partial charge is 0.223 e. The number of carbonyl (C=O) groups is 1. The Labute approximate surface area is 204 Å². The van der Waals surface area contributed by atoms with E-state index < -0.39 is 0 Å². The molecule has 2 aromatic rings. The minimum Gasteiger partial charge on any atom is -0.340 e. The summed E-state index contributed by atoms with van der Waals surface area (Å²) in [7, 11) is 0. The van der Waals surface area contributed by atoms with Crippen molar-refractivity contribution in [3.8, 4) is 6.07 Å². The molecule has 0 radical (unpaired) electrons. The van der Waals surface area contributed by atoms with Gasteiger partial charge in [0.15, 0.2) is 0 Å². The summed E-state index contributed by atoms with van der Waals surface area (Å²) in [6.45, 7) is 13.7. The van der Waals surface area contributed by atoms with Crippen LogP contribution in [0.4, 0.5) is 0 Å². The molecule has 5 heteroatoms. The maximum atomic E-state index is 11.6. The Morgan fingerprint density at radius 1 is 1.09 bits per heavy atom. The molecule has 0 aliphatic carbocycles. The molecule has 2 aromatic carbocycles. The molecule has 0 N–H and O–H groups in total. The minimum atomic E-state index is 0.348. The van der Waals surface area contributed by atoms with Crippen molar-refractivity contribution in [1.82, 2.24) is 4.90 Å². The van der Waals surface area contributed by atoms with E-state index >= 15 is 0 Å². The fourth-order valence-electron chi connectivity index (χ4n) is 3.47. The lowest BCUT2D eigenvalue weighted by Crippen LogP contribution is -2.32. The summed E-state index contributed by atoms with van der Waals surface area (Å²) in [5.41, 5.74) is 2.83. The highest BCUT2D eigenvalue weighted by atomic mass is 35.5. The molecule has 1 aliphatic rings. The van der Waals surface area contributed by atoms with Gasteiger partial charge in [-0.2, -0.15) is 5.26 Å². The maximum Gasteiger partial charge on any atom is 0.223 e. The average molecular weight is 476 g/mol. The second-order valence-electron chi connectivity index (χ2n) is 8.53. The lowest BCUT2D eigenvalue weighted by Gasteiger charge is -2.22. The SMILES string of the molecule is CCC(C)C1CC(=O)N(C(C)C)C1.CCc1ccccc1Cl.Cc1ccc(C#N)c(Cl)c1. The Bertz CT molecular complexity index is 905. The van der Waals surface area contributed by atoms with E-state index in [4.69, 9.17) is 28.5 Å². The molecule has 0 saturated carbocycles. The molecule has 2 atom stereocenters. The molecule has 1 heterocycles. The molecule has 174 valence electrons. The Morgan fingerprint density at radius 3 is 2.19 bits per heavy atom. The third-order valence-electron chi connectivity index (χ3n) is 5.84. The fraction of sp³-hybridized carbons (Fsp3) is 0.481. The number of rotatable bonds is 4. The normalized spacial score (nSPS) is 15.9. The third-order valence-corrected chi connectivity index (χ3v) is 6.53. The molecule has 1 fully saturated rings. The summed E-state index contributed by atoms with van der Waals surface area (Å²) >= 11 is 11.5. The van der Waals surface area contributed by atoms with Crippen LogP contribution in [-0.2, 0) is 11.2 Å². The molecular formula is C27H36Cl2N2O. The van der Waals surface area contributed by atoms with Crippen LogP contribution >= 0.6 is 23.2 Å². The highest BCUT2D eigenvalue weighted by molar-refractivity contribution is 6.31. The Balaban J connectivity index is 0.000000245. The highest BCUT2D eigenvalue weighted by Gasteiger charge is 2.33. The topological polar surface area (TPSA) is 44.1 Å². The van der Waals surface area contributed by atoms with Gasteiger partial charge in [-0.15, -0.1) is 0 Å². The Kier molecular flexibility index (Phi) is 12.4. The van der Waals surface area contributed by atoms with Gasteiger partial charge in [0.25, 0.3) is 0 Å². The van der Waals surface area contributed by atoms with Crippen LogP contribution in [-0.4, -0.2) is 23.4 Å². The van der Waals surface area contributed by atoms with Crippen LogP contribution in [0.1, 0.15) is 64.2 Å². The first-order chi connectivity index (χ1) is 15.1. The maximum absolute atomic E-state index is 11.6. The van der Waals surface area contributed by atoms with Crippen LogP contribution < -0.4 is 0 Å². The van der Waals surface area contributed by atoms with Crippen molar-refractivity contribution in [2.45, 2.75) is 66.8 Å². The first-order valence-electron chi connectivity index (χ1n) is 11.3. The molecule has 0 aromatic heterocycles. The number of aryl methyl sites for hydroxylation is 2. The highest BCUT2D eigenvalue weighted by Crippen LogP contribution is 2.28. The van der Waals surface area contributed by atoms with Gasteiger partial charge in [0.1, 0.15) is 6.07 Å². The molecule has 32 heavy (non-hydrogen) atoms. The van der Waals surface area contributed by atoms with Crippen LogP contribution in [0.3, 0.4) is 0 Å². The number of hydrogen-bond donors (Lipinski definition) is 0. The van der Waals surface area contributed by atoms with Crippen LogP contribution in [0.15, 0.2) is 42.5 Å². The zero-order valence-corrected chi connectivity index (χ0v) is 21.7. The van der Waals surface area contributed by atoms with Crippen molar-refractivity contribution < 1.29 is 4.79 Å². The minimum absolute atomic E-state index is 0.348. The van der Waals surface area contributed by atoms with Crippen LogP contribution in [0.2, 0.25) is 10.0 Å². The molecule has 1 amide bonds. The molecular weight excluding hydrogens is 439 g/mol. The van der Waals surface area contributed by atoms with E-state index in [1.807, 2.05) is 48.2 Å².